The molecule has 5 rings (SSSR count). The van der Waals surface area contributed by atoms with Crippen molar-refractivity contribution in [2.24, 2.45) is 0 Å². The number of carbonyl (C=O) groups is 1. The van der Waals surface area contributed by atoms with Gasteiger partial charge in [-0.2, -0.15) is 0 Å². The van der Waals surface area contributed by atoms with Crippen LogP contribution in [0.25, 0.3) is 21.5 Å². The molecule has 0 saturated heterocycles. The summed E-state index contributed by atoms with van der Waals surface area (Å²) in [6, 6.07) is 37.2. The van der Waals surface area contributed by atoms with E-state index in [1.54, 1.807) is 0 Å². The molecule has 0 fully saturated rings. The Balaban J connectivity index is 1.57. The molecule has 33 heavy (non-hydrogen) atoms. The summed E-state index contributed by atoms with van der Waals surface area (Å²) in [5, 5.41) is 4.80. The fourth-order valence-electron chi connectivity index (χ4n) is 4.41. The first-order valence-electron chi connectivity index (χ1n) is 11.2. The Morgan fingerprint density at radius 1 is 0.697 bits per heavy atom. The van der Waals surface area contributed by atoms with Gasteiger partial charge in [-0.05, 0) is 69.4 Å². The fourth-order valence-corrected chi connectivity index (χ4v) is 4.67. The average molecular weight is 494 g/mol. The van der Waals surface area contributed by atoms with E-state index in [-0.39, 0.29) is 5.91 Å². The van der Waals surface area contributed by atoms with Gasteiger partial charge in [0.25, 0.3) is 5.91 Å². The van der Waals surface area contributed by atoms with Crippen LogP contribution in [-0.4, -0.2) is 17.4 Å². The van der Waals surface area contributed by atoms with Crippen molar-refractivity contribution in [1.29, 1.82) is 0 Å². The van der Waals surface area contributed by atoms with Gasteiger partial charge >= 0.3 is 0 Å². The molecule has 5 aromatic rings. The standard InChI is InChI=1S/C30H24BrNO/c31-26-16-14-23(15-17-26)30(33)32(19-18-22-8-2-1-3-9-22)21-29-27-12-6-4-10-24(27)20-25-11-5-7-13-28(25)29/h1-17,20H,18-19,21H2. The molecule has 0 bridgehead atoms. The zero-order chi connectivity index (χ0) is 22.6. The van der Waals surface area contributed by atoms with Gasteiger partial charge in [-0.15, -0.1) is 0 Å². The lowest BCUT2D eigenvalue weighted by molar-refractivity contribution is 0.0746. The highest BCUT2D eigenvalue weighted by Crippen LogP contribution is 2.30. The molecule has 0 unspecified atom stereocenters. The number of hydrogen-bond acceptors (Lipinski definition) is 1. The van der Waals surface area contributed by atoms with Crippen molar-refractivity contribution in [3.63, 3.8) is 0 Å². The minimum atomic E-state index is 0.0513. The molecule has 0 aromatic heterocycles. The Morgan fingerprint density at radius 2 is 1.27 bits per heavy atom. The molecular formula is C30H24BrNO. The second kappa shape index (κ2) is 9.60. The smallest absolute Gasteiger partial charge is 0.254 e. The first kappa shape index (κ1) is 21.4. The molecule has 0 radical (unpaired) electrons. The normalized spacial score (nSPS) is 11.1. The highest BCUT2D eigenvalue weighted by atomic mass is 79.9. The van der Waals surface area contributed by atoms with Crippen LogP contribution in [-0.2, 0) is 13.0 Å². The number of rotatable bonds is 6. The van der Waals surface area contributed by atoms with E-state index in [9.17, 15) is 4.79 Å². The fraction of sp³-hybridized carbons (Fsp3) is 0.100. The molecule has 1 amide bonds. The zero-order valence-electron chi connectivity index (χ0n) is 18.2. The minimum Gasteiger partial charge on any atom is -0.334 e. The predicted octanol–water partition coefficient (Wildman–Crippen LogP) is 7.64. The van der Waals surface area contributed by atoms with E-state index in [1.165, 1.54) is 32.7 Å². The van der Waals surface area contributed by atoms with Crippen molar-refractivity contribution in [1.82, 2.24) is 4.90 Å². The number of hydrogen-bond donors (Lipinski definition) is 0. The molecule has 0 N–H and O–H groups in total. The van der Waals surface area contributed by atoms with Crippen molar-refractivity contribution < 1.29 is 4.79 Å². The Labute approximate surface area is 202 Å². The van der Waals surface area contributed by atoms with Crippen LogP contribution in [0.5, 0.6) is 0 Å². The van der Waals surface area contributed by atoms with Gasteiger partial charge in [-0.3, -0.25) is 4.79 Å². The third-order valence-electron chi connectivity index (χ3n) is 6.12. The largest absolute Gasteiger partial charge is 0.334 e. The lowest BCUT2D eigenvalue weighted by Gasteiger charge is -2.25. The van der Waals surface area contributed by atoms with Crippen LogP contribution in [0.4, 0.5) is 0 Å². The second-order valence-corrected chi connectivity index (χ2v) is 9.18. The van der Waals surface area contributed by atoms with E-state index < -0.39 is 0 Å². The summed E-state index contributed by atoms with van der Waals surface area (Å²) < 4.78 is 0.968. The SMILES string of the molecule is O=C(c1ccc(Br)cc1)N(CCc1ccccc1)Cc1c2ccccc2cc2ccccc12. The highest BCUT2D eigenvalue weighted by molar-refractivity contribution is 9.10. The van der Waals surface area contributed by atoms with Crippen LogP contribution in [0.2, 0.25) is 0 Å². The third-order valence-corrected chi connectivity index (χ3v) is 6.65. The minimum absolute atomic E-state index is 0.0513. The summed E-state index contributed by atoms with van der Waals surface area (Å²) in [6.45, 7) is 1.21. The first-order chi connectivity index (χ1) is 16.2. The number of nitrogens with zero attached hydrogens (tertiary/aromatic N) is 1. The zero-order valence-corrected chi connectivity index (χ0v) is 19.8. The highest BCUT2D eigenvalue weighted by Gasteiger charge is 2.19. The maximum atomic E-state index is 13.7. The number of amides is 1. The number of fused-ring (bicyclic) bond motifs is 2. The Hall–Kier alpha value is -3.43. The van der Waals surface area contributed by atoms with Gasteiger partial charge in [0.05, 0.1) is 0 Å². The Morgan fingerprint density at radius 3 is 1.91 bits per heavy atom. The average Bonchev–Trinajstić information content (AvgIpc) is 2.86. The molecule has 0 aliphatic carbocycles. The Kier molecular flexibility index (Phi) is 6.23. The summed E-state index contributed by atoms with van der Waals surface area (Å²) in [7, 11) is 0. The molecule has 5 aromatic carbocycles. The van der Waals surface area contributed by atoms with Crippen molar-refractivity contribution in [3.05, 3.63) is 130 Å². The second-order valence-electron chi connectivity index (χ2n) is 8.27. The van der Waals surface area contributed by atoms with Gasteiger partial charge in [-0.1, -0.05) is 94.8 Å². The van der Waals surface area contributed by atoms with Gasteiger partial charge in [0, 0.05) is 23.1 Å². The lowest BCUT2D eigenvalue weighted by atomic mass is 9.96. The molecule has 0 spiro atoms. The third kappa shape index (κ3) is 4.69. The Bertz CT molecular complexity index is 1360. The molecule has 0 atom stereocenters. The summed E-state index contributed by atoms with van der Waals surface area (Å²) in [5.74, 6) is 0.0513. The summed E-state index contributed by atoms with van der Waals surface area (Å²) in [6.07, 6.45) is 0.811. The quantitative estimate of drug-likeness (QED) is 0.222. The van der Waals surface area contributed by atoms with Gasteiger partial charge in [-0.25, -0.2) is 0 Å². The monoisotopic (exact) mass is 493 g/mol. The van der Waals surface area contributed by atoms with Gasteiger partial charge in [0.2, 0.25) is 0 Å². The van der Waals surface area contributed by atoms with Crippen LogP contribution in [0, 0.1) is 0 Å². The number of carbonyl (C=O) groups excluding carboxylic acids is 1. The molecule has 3 heteroatoms. The van der Waals surface area contributed by atoms with Crippen LogP contribution in [0.15, 0.2) is 114 Å². The van der Waals surface area contributed by atoms with E-state index in [1.807, 2.05) is 35.2 Å². The van der Waals surface area contributed by atoms with Gasteiger partial charge in [0.1, 0.15) is 0 Å². The van der Waals surface area contributed by atoms with E-state index >= 15 is 0 Å². The van der Waals surface area contributed by atoms with Crippen LogP contribution < -0.4 is 0 Å². The van der Waals surface area contributed by atoms with Crippen LogP contribution in [0.3, 0.4) is 0 Å². The van der Waals surface area contributed by atoms with Crippen LogP contribution in [0.1, 0.15) is 21.5 Å². The van der Waals surface area contributed by atoms with E-state index in [0.717, 1.165) is 10.9 Å². The van der Waals surface area contributed by atoms with Crippen LogP contribution >= 0.6 is 15.9 Å². The molecule has 162 valence electrons. The molecule has 2 nitrogen and oxygen atoms in total. The summed E-state index contributed by atoms with van der Waals surface area (Å²) in [5.41, 5.74) is 3.13. The van der Waals surface area contributed by atoms with Crippen molar-refractivity contribution in [2.75, 3.05) is 6.54 Å². The lowest BCUT2D eigenvalue weighted by Crippen LogP contribution is -2.32. The predicted molar refractivity (Wildman–Crippen MR) is 140 cm³/mol. The van der Waals surface area contributed by atoms with Crippen molar-refractivity contribution in [2.45, 2.75) is 13.0 Å². The summed E-state index contributed by atoms with van der Waals surface area (Å²) in [4.78, 5) is 15.7. The number of benzene rings is 5. The first-order valence-corrected chi connectivity index (χ1v) is 12.0. The van der Waals surface area contributed by atoms with Gasteiger partial charge < -0.3 is 4.90 Å². The van der Waals surface area contributed by atoms with E-state index in [0.29, 0.717) is 18.7 Å². The maximum Gasteiger partial charge on any atom is 0.254 e. The van der Waals surface area contributed by atoms with E-state index in [4.69, 9.17) is 0 Å². The van der Waals surface area contributed by atoms with Crippen molar-refractivity contribution in [3.8, 4) is 0 Å². The number of halogens is 1. The topological polar surface area (TPSA) is 20.3 Å². The van der Waals surface area contributed by atoms with Crippen molar-refractivity contribution >= 4 is 43.4 Å². The summed E-state index contributed by atoms with van der Waals surface area (Å²) >= 11 is 3.48. The van der Waals surface area contributed by atoms with Gasteiger partial charge in [0.15, 0.2) is 0 Å². The molecule has 0 heterocycles. The molecule has 0 aliphatic rings. The van der Waals surface area contributed by atoms with E-state index in [2.05, 4.69) is 94.8 Å². The maximum absolute atomic E-state index is 13.7. The molecule has 0 aliphatic heterocycles. The molecular weight excluding hydrogens is 470 g/mol. The molecule has 0 saturated carbocycles.